The molecular formula is C20H21N3O3. The van der Waals surface area contributed by atoms with Crippen molar-refractivity contribution in [2.75, 3.05) is 39.8 Å². The van der Waals surface area contributed by atoms with Crippen LogP contribution in [0.2, 0.25) is 0 Å². The summed E-state index contributed by atoms with van der Waals surface area (Å²) in [6, 6.07) is 1.77. The Morgan fingerprint density at radius 3 is 2.65 bits per heavy atom. The highest BCUT2D eigenvalue weighted by molar-refractivity contribution is 6.24. The SMILES string of the molecule is CN1CCN(CC2=c3oc(=O)/c(=C4\C=CCC=N4)cc3C=CC2=O)CC1. The zero-order valence-electron chi connectivity index (χ0n) is 14.8. The van der Waals surface area contributed by atoms with E-state index in [1.165, 1.54) is 0 Å². The average molecular weight is 351 g/mol. The summed E-state index contributed by atoms with van der Waals surface area (Å²) >= 11 is 0. The minimum atomic E-state index is -0.457. The predicted molar refractivity (Wildman–Crippen MR) is 101 cm³/mol. The first-order chi connectivity index (χ1) is 12.6. The van der Waals surface area contributed by atoms with Crippen molar-refractivity contribution in [3.63, 3.8) is 0 Å². The van der Waals surface area contributed by atoms with Gasteiger partial charge in [-0.2, -0.15) is 0 Å². The molecule has 1 saturated heterocycles. The standard InChI is InChI=1S/C20H21N3O3/c1-22-8-10-23(11-9-22)13-16-18(24)6-5-14-12-15(20(25)26-19(14)16)17-4-2-3-7-21-17/h2,4-7,12H,3,8-11,13H2,1H3/b17-15+. The summed E-state index contributed by atoms with van der Waals surface area (Å²) < 4.78 is 5.60. The summed E-state index contributed by atoms with van der Waals surface area (Å²) in [5.41, 5.74) is 1.85. The van der Waals surface area contributed by atoms with Crippen LogP contribution in [0.1, 0.15) is 12.0 Å². The van der Waals surface area contributed by atoms with Crippen molar-refractivity contribution in [2.24, 2.45) is 4.99 Å². The molecule has 0 N–H and O–H groups in total. The van der Waals surface area contributed by atoms with Crippen LogP contribution in [0, 0.1) is 0 Å². The summed E-state index contributed by atoms with van der Waals surface area (Å²) in [4.78, 5) is 33.7. The topological polar surface area (TPSA) is 66.1 Å². The van der Waals surface area contributed by atoms with Crippen LogP contribution < -0.4 is 16.3 Å². The molecule has 1 aromatic rings. The normalized spacial score (nSPS) is 22.8. The number of carbonyl (C=O) groups excluding carboxylic acids is 1. The first kappa shape index (κ1) is 16.9. The van der Waals surface area contributed by atoms with Crippen molar-refractivity contribution in [3.05, 3.63) is 50.9 Å². The van der Waals surface area contributed by atoms with Gasteiger partial charge in [0.1, 0.15) is 5.42 Å². The van der Waals surface area contributed by atoms with Crippen molar-refractivity contribution in [2.45, 2.75) is 6.42 Å². The Morgan fingerprint density at radius 2 is 1.92 bits per heavy atom. The van der Waals surface area contributed by atoms with E-state index in [0.29, 0.717) is 28.4 Å². The van der Waals surface area contributed by atoms with Crippen molar-refractivity contribution >= 4 is 29.3 Å². The third-order valence-electron chi connectivity index (χ3n) is 4.96. The van der Waals surface area contributed by atoms with Gasteiger partial charge in [-0.05, 0) is 31.3 Å². The van der Waals surface area contributed by atoms with E-state index >= 15 is 0 Å². The van der Waals surface area contributed by atoms with E-state index in [1.807, 2.05) is 12.2 Å². The minimum Gasteiger partial charge on any atom is -0.422 e. The van der Waals surface area contributed by atoms with Crippen LogP contribution in [-0.2, 0) is 4.79 Å². The molecule has 4 rings (SSSR count). The quantitative estimate of drug-likeness (QED) is 0.737. The van der Waals surface area contributed by atoms with Crippen LogP contribution in [0.25, 0.3) is 17.3 Å². The van der Waals surface area contributed by atoms with Crippen LogP contribution in [-0.4, -0.2) is 61.6 Å². The Bertz CT molecular complexity index is 992. The number of aliphatic imine (C=N–C) groups is 1. The molecule has 2 aliphatic heterocycles. The lowest BCUT2D eigenvalue weighted by molar-refractivity contribution is -0.110. The molecule has 134 valence electrons. The number of hydrogen-bond donors (Lipinski definition) is 0. The van der Waals surface area contributed by atoms with Gasteiger partial charge in [-0.25, -0.2) is 4.79 Å². The van der Waals surface area contributed by atoms with E-state index in [1.54, 1.807) is 24.4 Å². The van der Waals surface area contributed by atoms with Crippen LogP contribution in [0.3, 0.4) is 0 Å². The highest BCUT2D eigenvalue weighted by Crippen LogP contribution is 2.11. The van der Waals surface area contributed by atoms with Gasteiger partial charge in [0.05, 0.1) is 16.5 Å². The monoisotopic (exact) mass is 351 g/mol. The third kappa shape index (κ3) is 3.25. The number of carbonyl (C=O) groups is 1. The fraction of sp³-hybridized carbons (Fsp3) is 0.350. The number of ketones is 1. The molecule has 1 aliphatic carbocycles. The van der Waals surface area contributed by atoms with Crippen LogP contribution in [0.4, 0.5) is 0 Å². The number of likely N-dealkylation sites (N-methyl/N-ethyl adjacent to an activating group) is 1. The predicted octanol–water partition coefficient (Wildman–Crippen LogP) is -0.227. The van der Waals surface area contributed by atoms with E-state index in [2.05, 4.69) is 21.8 Å². The fourth-order valence-corrected chi connectivity index (χ4v) is 3.38. The van der Waals surface area contributed by atoms with Crippen LogP contribution in [0.5, 0.6) is 0 Å². The molecular weight excluding hydrogens is 330 g/mol. The largest absolute Gasteiger partial charge is 0.422 e. The van der Waals surface area contributed by atoms with Crippen LogP contribution >= 0.6 is 0 Å². The smallest absolute Gasteiger partial charge is 0.345 e. The Hall–Kier alpha value is -2.57. The Kier molecular flexibility index (Phi) is 4.53. The molecule has 1 aromatic heterocycles. The second kappa shape index (κ2) is 6.97. The van der Waals surface area contributed by atoms with Crippen molar-refractivity contribution in [1.29, 1.82) is 0 Å². The molecule has 3 heterocycles. The molecule has 26 heavy (non-hydrogen) atoms. The Balaban J connectivity index is 1.80. The van der Waals surface area contributed by atoms with Crippen molar-refractivity contribution in [1.82, 2.24) is 9.80 Å². The van der Waals surface area contributed by atoms with E-state index in [0.717, 1.165) is 38.2 Å². The first-order valence-electron chi connectivity index (χ1n) is 8.86. The summed E-state index contributed by atoms with van der Waals surface area (Å²) in [7, 11) is 2.09. The lowest BCUT2D eigenvalue weighted by atomic mass is 10.0. The number of nitrogens with zero attached hydrogens (tertiary/aromatic N) is 3. The first-order valence-corrected chi connectivity index (χ1v) is 8.86. The van der Waals surface area contributed by atoms with Gasteiger partial charge in [0, 0.05) is 50.9 Å². The van der Waals surface area contributed by atoms with Gasteiger partial charge < -0.3 is 9.32 Å². The van der Waals surface area contributed by atoms with Crippen LogP contribution in [0.15, 0.2) is 38.5 Å². The highest BCUT2D eigenvalue weighted by atomic mass is 16.4. The van der Waals surface area contributed by atoms with Gasteiger partial charge in [0.15, 0.2) is 5.78 Å². The summed E-state index contributed by atoms with van der Waals surface area (Å²) in [6.45, 7) is 4.23. The lowest BCUT2D eigenvalue weighted by Crippen LogP contribution is -2.46. The summed E-state index contributed by atoms with van der Waals surface area (Å²) in [5.74, 6) is -0.0874. The number of hydrogen-bond acceptors (Lipinski definition) is 6. The second-order valence-corrected chi connectivity index (χ2v) is 6.82. The molecule has 0 amide bonds. The highest BCUT2D eigenvalue weighted by Gasteiger charge is 2.22. The molecule has 6 nitrogen and oxygen atoms in total. The van der Waals surface area contributed by atoms with Gasteiger partial charge in [-0.15, -0.1) is 0 Å². The average Bonchev–Trinajstić information content (AvgIpc) is 2.66. The van der Waals surface area contributed by atoms with Gasteiger partial charge in [0.25, 0.3) is 0 Å². The van der Waals surface area contributed by atoms with E-state index in [-0.39, 0.29) is 5.78 Å². The number of fused-ring (bicyclic) bond motifs is 1. The fourth-order valence-electron chi connectivity index (χ4n) is 3.38. The van der Waals surface area contributed by atoms with Gasteiger partial charge in [-0.1, -0.05) is 6.08 Å². The van der Waals surface area contributed by atoms with E-state index < -0.39 is 5.63 Å². The molecule has 0 saturated carbocycles. The van der Waals surface area contributed by atoms with Crippen molar-refractivity contribution in [3.8, 4) is 0 Å². The number of piperazine rings is 1. The Labute approximate surface area is 151 Å². The Morgan fingerprint density at radius 1 is 1.12 bits per heavy atom. The number of rotatable bonds is 2. The summed E-state index contributed by atoms with van der Waals surface area (Å²) in [6.07, 6.45) is 9.57. The zero-order chi connectivity index (χ0) is 18.1. The molecule has 0 spiro atoms. The molecule has 1 fully saturated rings. The van der Waals surface area contributed by atoms with Gasteiger partial charge in [-0.3, -0.25) is 14.7 Å². The molecule has 0 atom stereocenters. The lowest BCUT2D eigenvalue weighted by Gasteiger charge is -2.32. The molecule has 0 unspecified atom stereocenters. The molecule has 0 bridgehead atoms. The third-order valence-corrected chi connectivity index (χ3v) is 4.96. The number of allylic oxidation sites excluding steroid dienone is 2. The molecule has 6 heteroatoms. The maximum absolute atomic E-state index is 12.5. The van der Waals surface area contributed by atoms with Gasteiger partial charge in [0.2, 0.25) is 0 Å². The zero-order valence-corrected chi connectivity index (χ0v) is 14.8. The molecule has 3 aliphatic rings. The van der Waals surface area contributed by atoms with E-state index in [4.69, 9.17) is 4.42 Å². The second-order valence-electron chi connectivity index (χ2n) is 6.82. The maximum atomic E-state index is 12.5. The molecule has 0 aromatic carbocycles. The van der Waals surface area contributed by atoms with Crippen molar-refractivity contribution < 1.29 is 9.21 Å². The molecule has 0 radical (unpaired) electrons. The van der Waals surface area contributed by atoms with E-state index in [9.17, 15) is 9.59 Å². The van der Waals surface area contributed by atoms with Gasteiger partial charge >= 0.3 is 5.63 Å². The minimum absolute atomic E-state index is 0.0874. The maximum Gasteiger partial charge on any atom is 0.345 e. The summed E-state index contributed by atoms with van der Waals surface area (Å²) in [5, 5.41) is 0.425. The number of dihydropyridines is 1.